The highest BCUT2D eigenvalue weighted by Gasteiger charge is 2.24. The lowest BCUT2D eigenvalue weighted by Gasteiger charge is -2.25. The molecule has 3 N–H and O–H groups in total. The Morgan fingerprint density at radius 1 is 1.47 bits per heavy atom. The molecule has 92 valence electrons. The molecule has 1 unspecified atom stereocenters. The smallest absolute Gasteiger partial charge is 0.265 e. The van der Waals surface area contributed by atoms with Gasteiger partial charge in [0.1, 0.15) is 5.75 Å². The third-order valence-corrected chi connectivity index (χ3v) is 2.63. The van der Waals surface area contributed by atoms with Gasteiger partial charge in [0.05, 0.1) is 5.69 Å². The highest BCUT2D eigenvalue weighted by Crippen LogP contribution is 2.31. The third-order valence-electron chi connectivity index (χ3n) is 2.63. The van der Waals surface area contributed by atoms with Crippen LogP contribution in [0, 0.1) is 0 Å². The Morgan fingerprint density at radius 3 is 2.82 bits per heavy atom. The van der Waals surface area contributed by atoms with Crippen LogP contribution >= 0.6 is 0 Å². The minimum absolute atomic E-state index is 0.110. The van der Waals surface area contributed by atoms with E-state index in [4.69, 9.17) is 10.5 Å². The second-order valence-corrected chi connectivity index (χ2v) is 5.25. The quantitative estimate of drug-likeness (QED) is 0.818. The summed E-state index contributed by atoms with van der Waals surface area (Å²) in [6.07, 6.45) is 0.324. The number of ether oxygens (including phenoxy) is 1. The molecule has 0 bridgehead atoms. The van der Waals surface area contributed by atoms with Crippen molar-refractivity contribution >= 4 is 11.6 Å². The van der Waals surface area contributed by atoms with Gasteiger partial charge in [-0.3, -0.25) is 4.79 Å². The summed E-state index contributed by atoms with van der Waals surface area (Å²) in [7, 11) is 0. The molecular weight excluding hydrogens is 216 g/mol. The van der Waals surface area contributed by atoms with E-state index in [9.17, 15) is 4.79 Å². The zero-order valence-corrected chi connectivity index (χ0v) is 10.4. The Bertz CT molecular complexity index is 449. The number of amides is 1. The van der Waals surface area contributed by atoms with Crippen LogP contribution in [0.2, 0.25) is 0 Å². The Hall–Kier alpha value is -1.55. The third kappa shape index (κ3) is 2.77. The minimum Gasteiger partial charge on any atom is -0.479 e. The number of carbonyl (C=O) groups excluding carboxylic acids is 1. The predicted molar refractivity (Wildman–Crippen MR) is 67.1 cm³/mol. The molecule has 0 aromatic heterocycles. The van der Waals surface area contributed by atoms with Crippen molar-refractivity contribution in [1.29, 1.82) is 0 Å². The van der Waals surface area contributed by atoms with Crippen LogP contribution in [0.5, 0.6) is 5.75 Å². The van der Waals surface area contributed by atoms with E-state index in [0.29, 0.717) is 0 Å². The van der Waals surface area contributed by atoms with Gasteiger partial charge >= 0.3 is 0 Å². The van der Waals surface area contributed by atoms with Crippen LogP contribution in [0.4, 0.5) is 5.69 Å². The van der Waals surface area contributed by atoms with E-state index in [1.165, 1.54) is 0 Å². The molecule has 17 heavy (non-hydrogen) atoms. The summed E-state index contributed by atoms with van der Waals surface area (Å²) >= 11 is 0. The van der Waals surface area contributed by atoms with E-state index < -0.39 is 6.10 Å². The zero-order chi connectivity index (χ0) is 12.6. The van der Waals surface area contributed by atoms with Gasteiger partial charge in [0, 0.05) is 5.54 Å². The Kier molecular flexibility index (Phi) is 2.83. The predicted octanol–water partition coefficient (Wildman–Crippen LogP) is 1.69. The molecule has 0 radical (unpaired) electrons. The van der Waals surface area contributed by atoms with Crippen molar-refractivity contribution in [2.45, 2.75) is 38.8 Å². The minimum atomic E-state index is -0.431. The molecule has 0 fully saturated rings. The van der Waals surface area contributed by atoms with Crippen molar-refractivity contribution in [3.8, 4) is 5.75 Å². The van der Waals surface area contributed by atoms with Crippen LogP contribution in [-0.4, -0.2) is 17.6 Å². The van der Waals surface area contributed by atoms with Crippen LogP contribution in [0.3, 0.4) is 0 Å². The van der Waals surface area contributed by atoms with Gasteiger partial charge < -0.3 is 15.8 Å². The molecule has 0 aliphatic carbocycles. The highest BCUT2D eigenvalue weighted by molar-refractivity contribution is 5.97. The SMILES string of the molecule is CC1Oc2ccc(CC(C)(C)N)cc2NC1=O. The van der Waals surface area contributed by atoms with E-state index in [1.54, 1.807) is 6.92 Å². The molecule has 0 spiro atoms. The van der Waals surface area contributed by atoms with E-state index >= 15 is 0 Å². The van der Waals surface area contributed by atoms with Crippen LogP contribution in [0.25, 0.3) is 0 Å². The lowest BCUT2D eigenvalue weighted by molar-refractivity contribution is -0.122. The van der Waals surface area contributed by atoms with Crippen molar-refractivity contribution < 1.29 is 9.53 Å². The molecule has 2 rings (SSSR count). The number of benzene rings is 1. The largest absolute Gasteiger partial charge is 0.479 e. The summed E-state index contributed by atoms with van der Waals surface area (Å²) < 4.78 is 5.49. The molecular formula is C13H18N2O2. The molecule has 4 nitrogen and oxygen atoms in total. The second-order valence-electron chi connectivity index (χ2n) is 5.25. The number of fused-ring (bicyclic) bond motifs is 1. The molecule has 1 heterocycles. The van der Waals surface area contributed by atoms with Crippen molar-refractivity contribution in [1.82, 2.24) is 0 Å². The van der Waals surface area contributed by atoms with E-state index in [-0.39, 0.29) is 11.4 Å². The molecule has 1 aromatic rings. The lowest BCUT2D eigenvalue weighted by Crippen LogP contribution is -2.35. The number of hydrogen-bond acceptors (Lipinski definition) is 3. The maximum atomic E-state index is 11.5. The number of nitrogens with two attached hydrogens (primary N) is 1. The van der Waals surface area contributed by atoms with E-state index in [2.05, 4.69) is 5.32 Å². The fraction of sp³-hybridized carbons (Fsp3) is 0.462. The summed E-state index contributed by atoms with van der Waals surface area (Å²) in [4.78, 5) is 11.5. The fourth-order valence-corrected chi connectivity index (χ4v) is 1.89. The van der Waals surface area contributed by atoms with Crippen molar-refractivity contribution in [3.63, 3.8) is 0 Å². The lowest BCUT2D eigenvalue weighted by atomic mass is 9.95. The summed E-state index contributed by atoms with van der Waals surface area (Å²) in [5.41, 5.74) is 7.54. The summed E-state index contributed by atoms with van der Waals surface area (Å²) in [6.45, 7) is 5.68. The Morgan fingerprint density at radius 2 is 2.18 bits per heavy atom. The number of hydrogen-bond donors (Lipinski definition) is 2. The molecule has 0 saturated heterocycles. The van der Waals surface area contributed by atoms with Gasteiger partial charge in [0.2, 0.25) is 0 Å². The number of anilines is 1. The van der Waals surface area contributed by atoms with Crippen LogP contribution in [0.1, 0.15) is 26.3 Å². The van der Waals surface area contributed by atoms with Crippen LogP contribution in [-0.2, 0) is 11.2 Å². The van der Waals surface area contributed by atoms with Crippen LogP contribution in [0.15, 0.2) is 18.2 Å². The summed E-state index contributed by atoms with van der Waals surface area (Å²) in [6, 6.07) is 5.79. The maximum absolute atomic E-state index is 11.5. The summed E-state index contributed by atoms with van der Waals surface area (Å²) in [5, 5.41) is 2.83. The summed E-state index contributed by atoms with van der Waals surface area (Å²) in [5.74, 6) is 0.609. The second kappa shape index (κ2) is 4.04. The van der Waals surface area contributed by atoms with Gasteiger partial charge in [0.25, 0.3) is 5.91 Å². The molecule has 1 atom stereocenters. The first kappa shape index (κ1) is 11.9. The van der Waals surface area contributed by atoms with Gasteiger partial charge in [0.15, 0.2) is 6.10 Å². The van der Waals surface area contributed by atoms with Gasteiger partial charge in [-0.25, -0.2) is 0 Å². The standard InChI is InChI=1S/C13H18N2O2/c1-8-12(16)15-10-6-9(7-13(2,3)14)4-5-11(10)17-8/h4-6,8H,7,14H2,1-3H3,(H,15,16). The topological polar surface area (TPSA) is 64.3 Å². The van der Waals surface area contributed by atoms with Crippen molar-refractivity contribution in [3.05, 3.63) is 23.8 Å². The van der Waals surface area contributed by atoms with E-state index in [0.717, 1.165) is 23.4 Å². The van der Waals surface area contributed by atoms with Gasteiger partial charge in [-0.15, -0.1) is 0 Å². The van der Waals surface area contributed by atoms with Crippen molar-refractivity contribution in [2.75, 3.05) is 5.32 Å². The Balaban J connectivity index is 2.26. The van der Waals surface area contributed by atoms with E-state index in [1.807, 2.05) is 32.0 Å². The zero-order valence-electron chi connectivity index (χ0n) is 10.4. The molecule has 4 heteroatoms. The fourth-order valence-electron chi connectivity index (χ4n) is 1.89. The number of carbonyl (C=O) groups is 1. The molecule has 0 saturated carbocycles. The van der Waals surface area contributed by atoms with Gasteiger partial charge in [-0.05, 0) is 44.9 Å². The normalized spacial score (nSPS) is 19.3. The number of rotatable bonds is 2. The molecule has 1 aliphatic heterocycles. The monoisotopic (exact) mass is 234 g/mol. The maximum Gasteiger partial charge on any atom is 0.265 e. The van der Waals surface area contributed by atoms with Crippen LogP contribution < -0.4 is 15.8 Å². The molecule has 1 amide bonds. The Labute approximate surface area is 101 Å². The molecule has 1 aromatic carbocycles. The first-order valence-corrected chi connectivity index (χ1v) is 5.74. The highest BCUT2D eigenvalue weighted by atomic mass is 16.5. The number of nitrogens with one attached hydrogen (secondary N) is 1. The first-order valence-electron chi connectivity index (χ1n) is 5.74. The van der Waals surface area contributed by atoms with Gasteiger partial charge in [-0.1, -0.05) is 6.07 Å². The average molecular weight is 234 g/mol. The van der Waals surface area contributed by atoms with Crippen molar-refractivity contribution in [2.24, 2.45) is 5.73 Å². The average Bonchev–Trinajstić information content (AvgIpc) is 2.18. The first-order chi connectivity index (χ1) is 7.85. The molecule has 1 aliphatic rings. The van der Waals surface area contributed by atoms with Gasteiger partial charge in [-0.2, -0.15) is 0 Å².